The van der Waals surface area contributed by atoms with Gasteiger partial charge >= 0.3 is 0 Å². The molecular formula is C14H14ClNO2. The Hall–Kier alpha value is -1.61. The second-order valence-corrected chi connectivity index (χ2v) is 4.85. The van der Waals surface area contributed by atoms with Crippen LogP contribution >= 0.6 is 11.6 Å². The first-order valence-electron chi connectivity index (χ1n) is 5.68. The molecule has 1 aromatic rings. The van der Waals surface area contributed by atoms with E-state index in [2.05, 4.69) is 4.99 Å². The lowest BCUT2D eigenvalue weighted by Crippen LogP contribution is -2.37. The first-order valence-corrected chi connectivity index (χ1v) is 6.05. The number of ketones is 1. The van der Waals surface area contributed by atoms with Crippen LogP contribution in [0.4, 0.5) is 0 Å². The van der Waals surface area contributed by atoms with Crippen molar-refractivity contribution in [3.63, 3.8) is 0 Å². The van der Waals surface area contributed by atoms with Gasteiger partial charge in [0.05, 0.1) is 6.54 Å². The summed E-state index contributed by atoms with van der Waals surface area (Å²) in [6, 6.07) is 7.27. The average molecular weight is 264 g/mol. The van der Waals surface area contributed by atoms with Crippen LogP contribution in [-0.4, -0.2) is 23.8 Å². The van der Waals surface area contributed by atoms with Crippen molar-refractivity contribution in [1.29, 1.82) is 0 Å². The monoisotopic (exact) mass is 263 g/mol. The van der Waals surface area contributed by atoms with E-state index in [1.165, 1.54) is 6.08 Å². The van der Waals surface area contributed by atoms with Crippen LogP contribution in [0, 0.1) is 0 Å². The number of carbonyl (C=O) groups is 1. The molecule has 0 aliphatic carbocycles. The molecule has 0 spiro atoms. The van der Waals surface area contributed by atoms with Crippen molar-refractivity contribution in [2.45, 2.75) is 19.4 Å². The fraction of sp³-hybridized carbons (Fsp3) is 0.286. The lowest BCUT2D eigenvalue weighted by molar-refractivity contribution is -0.127. The predicted molar refractivity (Wildman–Crippen MR) is 73.0 cm³/mol. The van der Waals surface area contributed by atoms with Gasteiger partial charge in [-0.15, -0.1) is 0 Å². The van der Waals surface area contributed by atoms with Crippen LogP contribution in [0.2, 0.25) is 5.02 Å². The van der Waals surface area contributed by atoms with Gasteiger partial charge in [-0.25, -0.2) is 0 Å². The fourth-order valence-corrected chi connectivity index (χ4v) is 1.83. The van der Waals surface area contributed by atoms with E-state index in [9.17, 15) is 4.79 Å². The third kappa shape index (κ3) is 2.79. The van der Waals surface area contributed by atoms with Crippen molar-refractivity contribution in [1.82, 2.24) is 0 Å². The molecule has 0 saturated carbocycles. The maximum absolute atomic E-state index is 12.0. The van der Waals surface area contributed by atoms with Crippen molar-refractivity contribution in [3.05, 3.63) is 40.9 Å². The Bertz CT molecular complexity index is 519. The standard InChI is InChI=1S/C14H14ClNO2/c1-10-16-9-14(2,18-10)13(17)8-5-11-3-6-12(15)7-4-11/h3-8H,9H2,1-2H3/b8-5+. The third-order valence-corrected chi connectivity index (χ3v) is 3.05. The van der Waals surface area contributed by atoms with E-state index in [-0.39, 0.29) is 5.78 Å². The number of halogens is 1. The second-order valence-electron chi connectivity index (χ2n) is 4.42. The fourth-order valence-electron chi connectivity index (χ4n) is 1.70. The summed E-state index contributed by atoms with van der Waals surface area (Å²) in [6.07, 6.45) is 3.28. The van der Waals surface area contributed by atoms with E-state index in [4.69, 9.17) is 16.3 Å². The summed E-state index contributed by atoms with van der Waals surface area (Å²) >= 11 is 5.79. The Labute approximate surface area is 111 Å². The molecule has 0 bridgehead atoms. The van der Waals surface area contributed by atoms with E-state index in [0.717, 1.165) is 5.56 Å². The molecule has 0 aromatic heterocycles. The number of rotatable bonds is 3. The van der Waals surface area contributed by atoms with Gasteiger partial charge < -0.3 is 4.74 Å². The number of nitrogens with zero attached hydrogens (tertiary/aromatic N) is 1. The summed E-state index contributed by atoms with van der Waals surface area (Å²) < 4.78 is 5.45. The molecule has 1 heterocycles. The molecule has 1 unspecified atom stereocenters. The number of aliphatic imine (C=N–C) groups is 1. The van der Waals surface area contributed by atoms with Gasteiger partial charge in [0.1, 0.15) is 0 Å². The van der Waals surface area contributed by atoms with Gasteiger partial charge in [0, 0.05) is 11.9 Å². The maximum atomic E-state index is 12.0. The third-order valence-electron chi connectivity index (χ3n) is 2.79. The molecule has 0 saturated heterocycles. The van der Waals surface area contributed by atoms with Crippen molar-refractivity contribution >= 4 is 29.4 Å². The zero-order valence-corrected chi connectivity index (χ0v) is 11.1. The van der Waals surface area contributed by atoms with Crippen LogP contribution in [-0.2, 0) is 9.53 Å². The minimum atomic E-state index is -0.854. The van der Waals surface area contributed by atoms with Gasteiger partial charge in [-0.3, -0.25) is 9.79 Å². The molecule has 1 atom stereocenters. The van der Waals surface area contributed by atoms with Crippen LogP contribution in [0.3, 0.4) is 0 Å². The lowest BCUT2D eigenvalue weighted by Gasteiger charge is -2.19. The highest BCUT2D eigenvalue weighted by molar-refractivity contribution is 6.30. The highest BCUT2D eigenvalue weighted by atomic mass is 35.5. The van der Waals surface area contributed by atoms with Crippen molar-refractivity contribution in [3.8, 4) is 0 Å². The Morgan fingerprint density at radius 1 is 1.44 bits per heavy atom. The lowest BCUT2D eigenvalue weighted by atomic mass is 10.0. The van der Waals surface area contributed by atoms with Gasteiger partial charge in [-0.1, -0.05) is 29.8 Å². The Morgan fingerprint density at radius 2 is 2.11 bits per heavy atom. The number of hydrogen-bond acceptors (Lipinski definition) is 3. The summed E-state index contributed by atoms with van der Waals surface area (Å²) in [4.78, 5) is 16.1. The number of benzene rings is 1. The summed E-state index contributed by atoms with van der Waals surface area (Å²) in [5, 5.41) is 0.675. The molecule has 0 N–H and O–H groups in total. The quantitative estimate of drug-likeness (QED) is 0.786. The van der Waals surface area contributed by atoms with Gasteiger partial charge in [-0.2, -0.15) is 0 Å². The van der Waals surface area contributed by atoms with Gasteiger partial charge in [0.15, 0.2) is 11.5 Å². The number of carbonyl (C=O) groups excluding carboxylic acids is 1. The molecule has 3 nitrogen and oxygen atoms in total. The second kappa shape index (κ2) is 4.94. The van der Waals surface area contributed by atoms with E-state index < -0.39 is 5.60 Å². The molecule has 1 aliphatic heterocycles. The summed E-state index contributed by atoms with van der Waals surface area (Å²) in [7, 11) is 0. The molecule has 0 amide bonds. The Balaban J connectivity index is 2.06. The Kier molecular flexibility index (Phi) is 3.53. The largest absolute Gasteiger partial charge is 0.465 e. The van der Waals surface area contributed by atoms with E-state index in [1.54, 1.807) is 32.1 Å². The van der Waals surface area contributed by atoms with Crippen molar-refractivity contribution in [2.75, 3.05) is 6.54 Å². The molecular weight excluding hydrogens is 250 g/mol. The number of hydrogen-bond donors (Lipinski definition) is 0. The summed E-state index contributed by atoms with van der Waals surface area (Å²) in [5.41, 5.74) is 0.0690. The first-order chi connectivity index (χ1) is 8.49. The smallest absolute Gasteiger partial charge is 0.200 e. The van der Waals surface area contributed by atoms with Gasteiger partial charge in [-0.05, 0) is 30.7 Å². The van der Waals surface area contributed by atoms with E-state index >= 15 is 0 Å². The molecule has 4 heteroatoms. The highest BCUT2D eigenvalue weighted by Gasteiger charge is 2.37. The molecule has 94 valence electrons. The van der Waals surface area contributed by atoms with E-state index in [0.29, 0.717) is 17.5 Å². The van der Waals surface area contributed by atoms with Crippen LogP contribution < -0.4 is 0 Å². The maximum Gasteiger partial charge on any atom is 0.200 e. The van der Waals surface area contributed by atoms with E-state index in [1.807, 2.05) is 12.1 Å². The highest BCUT2D eigenvalue weighted by Crippen LogP contribution is 2.20. The number of ether oxygens (including phenoxy) is 1. The molecule has 1 aliphatic rings. The van der Waals surface area contributed by atoms with Crippen molar-refractivity contribution < 1.29 is 9.53 Å². The zero-order valence-electron chi connectivity index (χ0n) is 10.3. The van der Waals surface area contributed by atoms with Crippen LogP contribution in [0.1, 0.15) is 19.4 Å². The Morgan fingerprint density at radius 3 is 2.67 bits per heavy atom. The SMILES string of the molecule is CC1=NCC(C)(C(=O)/C=C/c2ccc(Cl)cc2)O1. The molecule has 0 radical (unpaired) electrons. The van der Waals surface area contributed by atoms with Crippen LogP contribution in [0.25, 0.3) is 6.08 Å². The van der Waals surface area contributed by atoms with Gasteiger partial charge in [0.2, 0.25) is 5.78 Å². The minimum Gasteiger partial charge on any atom is -0.465 e. The van der Waals surface area contributed by atoms with Crippen LogP contribution in [0.5, 0.6) is 0 Å². The topological polar surface area (TPSA) is 38.7 Å². The molecule has 1 aromatic carbocycles. The molecule has 2 rings (SSSR count). The first kappa shape index (κ1) is 12.8. The minimum absolute atomic E-state index is 0.0851. The van der Waals surface area contributed by atoms with Gasteiger partial charge in [0.25, 0.3) is 0 Å². The zero-order chi connectivity index (χ0) is 13.2. The molecule has 0 fully saturated rings. The molecule has 18 heavy (non-hydrogen) atoms. The average Bonchev–Trinajstić information content (AvgIpc) is 2.69. The summed E-state index contributed by atoms with van der Waals surface area (Å²) in [5.74, 6) is 0.476. The van der Waals surface area contributed by atoms with Crippen LogP contribution in [0.15, 0.2) is 35.3 Å². The summed E-state index contributed by atoms with van der Waals surface area (Å²) in [6.45, 7) is 3.88. The normalized spacial score (nSPS) is 22.9. The van der Waals surface area contributed by atoms with Crippen molar-refractivity contribution in [2.24, 2.45) is 4.99 Å². The predicted octanol–water partition coefficient (Wildman–Crippen LogP) is 3.13.